The SMILES string of the molecule is Cc1nn(CCNC(=O)C(F)(F)C(F)(F)C(F)(F)F)c(C)c1[N+](=O)[O-]. The Kier molecular flexibility index (Phi) is 5.35. The highest BCUT2D eigenvalue weighted by Gasteiger charge is 2.76. The van der Waals surface area contributed by atoms with Crippen molar-refractivity contribution in [2.45, 2.75) is 38.4 Å². The molecule has 0 saturated carbocycles. The number of hydrogen-bond acceptors (Lipinski definition) is 4. The van der Waals surface area contributed by atoms with Crippen LogP contribution in [0.4, 0.5) is 36.4 Å². The van der Waals surface area contributed by atoms with Crippen LogP contribution < -0.4 is 5.32 Å². The molecule has 1 aromatic rings. The van der Waals surface area contributed by atoms with Crippen LogP contribution in [0.1, 0.15) is 11.4 Å². The first kappa shape index (κ1) is 20.6. The number of hydrogen-bond donors (Lipinski definition) is 1. The molecule has 0 radical (unpaired) electrons. The average Bonchev–Trinajstić information content (AvgIpc) is 2.71. The first-order valence-electron chi connectivity index (χ1n) is 6.43. The predicted octanol–water partition coefficient (Wildman–Crippen LogP) is 2.36. The van der Waals surface area contributed by atoms with Crippen LogP contribution in [0.5, 0.6) is 0 Å². The van der Waals surface area contributed by atoms with E-state index in [1.165, 1.54) is 19.2 Å². The minimum Gasteiger partial charge on any atom is -0.349 e. The molecule has 7 nitrogen and oxygen atoms in total. The molecule has 0 fully saturated rings. The van der Waals surface area contributed by atoms with E-state index < -0.39 is 41.9 Å². The molecule has 1 amide bonds. The van der Waals surface area contributed by atoms with Crippen molar-refractivity contribution in [2.24, 2.45) is 0 Å². The van der Waals surface area contributed by atoms with Crippen LogP contribution in [0.3, 0.4) is 0 Å². The van der Waals surface area contributed by atoms with E-state index in [4.69, 9.17) is 0 Å². The summed E-state index contributed by atoms with van der Waals surface area (Å²) < 4.78 is 88.4. The number of halogens is 7. The largest absolute Gasteiger partial charge is 0.460 e. The minimum atomic E-state index is -6.62. The van der Waals surface area contributed by atoms with Gasteiger partial charge in [-0.05, 0) is 13.8 Å². The zero-order chi connectivity index (χ0) is 19.8. The summed E-state index contributed by atoms with van der Waals surface area (Å²) in [4.78, 5) is 21.0. The molecule has 0 atom stereocenters. The van der Waals surface area contributed by atoms with Crippen LogP contribution in [0, 0.1) is 24.0 Å². The molecule has 0 saturated heterocycles. The number of carbonyl (C=O) groups is 1. The van der Waals surface area contributed by atoms with E-state index in [2.05, 4.69) is 5.10 Å². The van der Waals surface area contributed by atoms with Gasteiger partial charge >= 0.3 is 23.7 Å². The maximum absolute atomic E-state index is 13.1. The van der Waals surface area contributed by atoms with Crippen LogP contribution in [-0.2, 0) is 11.3 Å². The van der Waals surface area contributed by atoms with Gasteiger partial charge in [-0.15, -0.1) is 0 Å². The lowest BCUT2D eigenvalue weighted by atomic mass is 10.1. The van der Waals surface area contributed by atoms with Gasteiger partial charge in [-0.2, -0.15) is 35.8 Å². The van der Waals surface area contributed by atoms with E-state index in [1.807, 2.05) is 0 Å². The van der Waals surface area contributed by atoms with Crippen LogP contribution >= 0.6 is 0 Å². The molecule has 0 spiro atoms. The third kappa shape index (κ3) is 3.66. The predicted molar refractivity (Wildman–Crippen MR) is 67.3 cm³/mol. The molecule has 1 N–H and O–H groups in total. The smallest absolute Gasteiger partial charge is 0.349 e. The maximum atomic E-state index is 13.1. The number of rotatable bonds is 6. The molecule has 25 heavy (non-hydrogen) atoms. The van der Waals surface area contributed by atoms with Gasteiger partial charge in [-0.3, -0.25) is 19.6 Å². The lowest BCUT2D eigenvalue weighted by molar-refractivity contribution is -0.386. The molecule has 0 aliphatic rings. The molecule has 1 heterocycles. The summed E-state index contributed by atoms with van der Waals surface area (Å²) in [5, 5.41) is 15.7. The molecule has 142 valence electrons. The monoisotopic (exact) mass is 380 g/mol. The second-order valence-electron chi connectivity index (χ2n) is 4.90. The molecule has 0 aliphatic carbocycles. The van der Waals surface area contributed by atoms with Crippen molar-refractivity contribution in [3.63, 3.8) is 0 Å². The second kappa shape index (κ2) is 6.48. The molecule has 0 bridgehead atoms. The van der Waals surface area contributed by atoms with E-state index in [9.17, 15) is 45.6 Å². The number of alkyl halides is 7. The van der Waals surface area contributed by atoms with Crippen LogP contribution in [0.15, 0.2) is 0 Å². The van der Waals surface area contributed by atoms with Crippen molar-refractivity contribution in [3.05, 3.63) is 21.5 Å². The number of aryl methyl sites for hydroxylation is 1. The number of amides is 1. The molecule has 0 aromatic carbocycles. The van der Waals surface area contributed by atoms with Crippen molar-refractivity contribution in [1.29, 1.82) is 0 Å². The van der Waals surface area contributed by atoms with Crippen molar-refractivity contribution < 1.29 is 40.5 Å². The normalized spacial score (nSPS) is 13.0. The van der Waals surface area contributed by atoms with E-state index in [1.54, 1.807) is 0 Å². The van der Waals surface area contributed by atoms with Gasteiger partial charge in [0, 0.05) is 6.54 Å². The Balaban J connectivity index is 2.82. The van der Waals surface area contributed by atoms with Crippen LogP contribution in [-0.4, -0.2) is 45.2 Å². The number of aromatic nitrogens is 2. The molecule has 1 rings (SSSR count). The lowest BCUT2D eigenvalue weighted by Crippen LogP contribution is -2.59. The Labute approximate surface area is 134 Å². The maximum Gasteiger partial charge on any atom is 0.460 e. The molecule has 0 unspecified atom stereocenters. The summed E-state index contributed by atoms with van der Waals surface area (Å²) in [5.41, 5.74) is -0.410. The molecule has 14 heteroatoms. The third-order valence-electron chi connectivity index (χ3n) is 3.17. The fraction of sp³-hybridized carbons (Fsp3) is 0.636. The zero-order valence-corrected chi connectivity index (χ0v) is 12.6. The van der Waals surface area contributed by atoms with Gasteiger partial charge in [0.15, 0.2) is 0 Å². The van der Waals surface area contributed by atoms with Gasteiger partial charge in [0.25, 0.3) is 5.91 Å². The van der Waals surface area contributed by atoms with Gasteiger partial charge in [-0.1, -0.05) is 0 Å². The molecular formula is C11H11F7N4O3. The standard InChI is InChI=1S/C11H11F7N4O3/c1-5-7(22(24)25)6(2)21(20-5)4-3-19-8(23)9(12,13)10(14,15)11(16,17)18/h3-4H2,1-2H3,(H,19,23). The Morgan fingerprint density at radius 2 is 1.72 bits per heavy atom. The topological polar surface area (TPSA) is 90.1 Å². The fourth-order valence-corrected chi connectivity index (χ4v) is 1.88. The lowest BCUT2D eigenvalue weighted by Gasteiger charge is -2.27. The highest BCUT2D eigenvalue weighted by atomic mass is 19.4. The minimum absolute atomic E-state index is 0.0101. The van der Waals surface area contributed by atoms with E-state index >= 15 is 0 Å². The first-order valence-corrected chi connectivity index (χ1v) is 6.43. The van der Waals surface area contributed by atoms with Crippen LogP contribution in [0.2, 0.25) is 0 Å². The van der Waals surface area contributed by atoms with E-state index in [0.29, 0.717) is 0 Å². The molecule has 0 aliphatic heterocycles. The van der Waals surface area contributed by atoms with Gasteiger partial charge < -0.3 is 5.32 Å². The quantitative estimate of drug-likeness (QED) is 0.466. The highest BCUT2D eigenvalue weighted by Crippen LogP contribution is 2.46. The average molecular weight is 380 g/mol. The number of nitrogens with zero attached hydrogens (tertiary/aromatic N) is 3. The second-order valence-corrected chi connectivity index (χ2v) is 4.90. The fourth-order valence-electron chi connectivity index (χ4n) is 1.88. The number of nitrogens with one attached hydrogen (secondary N) is 1. The van der Waals surface area contributed by atoms with Crippen molar-refractivity contribution in [3.8, 4) is 0 Å². The Bertz CT molecular complexity index is 684. The molecule has 1 aromatic heterocycles. The summed E-state index contributed by atoms with van der Waals surface area (Å²) in [7, 11) is 0. The summed E-state index contributed by atoms with van der Waals surface area (Å²) >= 11 is 0. The van der Waals surface area contributed by atoms with E-state index in [-0.39, 0.29) is 17.1 Å². The third-order valence-corrected chi connectivity index (χ3v) is 3.17. The highest BCUT2D eigenvalue weighted by molar-refractivity contribution is 5.84. The number of carbonyl (C=O) groups excluding carboxylic acids is 1. The summed E-state index contributed by atoms with van der Waals surface area (Å²) in [6.45, 7) is 1.27. The summed E-state index contributed by atoms with van der Waals surface area (Å²) in [6, 6.07) is 0. The Morgan fingerprint density at radius 3 is 2.12 bits per heavy atom. The van der Waals surface area contributed by atoms with Gasteiger partial charge in [0.2, 0.25) is 0 Å². The Hall–Kier alpha value is -2.41. The molecular weight excluding hydrogens is 369 g/mol. The summed E-state index contributed by atoms with van der Waals surface area (Å²) in [6.07, 6.45) is -6.62. The first-order chi connectivity index (χ1) is 11.1. The van der Waals surface area contributed by atoms with Gasteiger partial charge in [0.05, 0.1) is 11.5 Å². The van der Waals surface area contributed by atoms with Crippen molar-refractivity contribution >= 4 is 11.6 Å². The van der Waals surface area contributed by atoms with E-state index in [0.717, 1.165) is 4.68 Å². The zero-order valence-electron chi connectivity index (χ0n) is 12.6. The van der Waals surface area contributed by atoms with Crippen molar-refractivity contribution in [2.75, 3.05) is 6.54 Å². The van der Waals surface area contributed by atoms with Gasteiger partial charge in [0.1, 0.15) is 11.4 Å². The summed E-state index contributed by atoms with van der Waals surface area (Å²) in [5.74, 6) is -15.4. The van der Waals surface area contributed by atoms with Crippen LogP contribution in [0.25, 0.3) is 0 Å². The van der Waals surface area contributed by atoms with Gasteiger partial charge in [-0.25, -0.2) is 0 Å². The number of nitro groups is 1. The van der Waals surface area contributed by atoms with Crippen molar-refractivity contribution in [1.82, 2.24) is 15.1 Å². The Morgan fingerprint density at radius 1 is 1.20 bits per heavy atom.